The van der Waals surface area contributed by atoms with Crippen molar-refractivity contribution in [3.05, 3.63) is 0 Å². The molecule has 0 saturated heterocycles. The summed E-state index contributed by atoms with van der Waals surface area (Å²) in [6, 6.07) is 0. The minimum atomic E-state index is -1.36. The van der Waals surface area contributed by atoms with Crippen LogP contribution < -0.4 is 0 Å². The molecule has 0 saturated carbocycles. The van der Waals surface area contributed by atoms with Crippen molar-refractivity contribution >= 4 is 31.8 Å². The summed E-state index contributed by atoms with van der Waals surface area (Å²) in [5, 5.41) is 8.55. The molecule has 0 aromatic rings. The molecule has 0 aromatic heterocycles. The van der Waals surface area contributed by atoms with Crippen LogP contribution in [0.4, 0.5) is 0 Å². The molecular formula is C10H21Cl2O5P. The minimum Gasteiger partial charge on any atom is -0.396 e. The Kier molecular flexibility index (Phi) is 16.6. The topological polar surface area (TPSA) is 57.2 Å². The first-order valence-corrected chi connectivity index (χ1v) is 8.01. The van der Waals surface area contributed by atoms with E-state index in [1.165, 1.54) is 0 Å². The van der Waals surface area contributed by atoms with Crippen LogP contribution in [-0.4, -0.2) is 56.5 Å². The van der Waals surface area contributed by atoms with Gasteiger partial charge in [-0.2, -0.15) is 0 Å². The number of rotatable bonds is 14. The lowest BCUT2D eigenvalue weighted by Gasteiger charge is -2.15. The highest BCUT2D eigenvalue weighted by Crippen LogP contribution is 2.39. The molecule has 1 N–H and O–H groups in total. The Labute approximate surface area is 120 Å². The standard InChI is InChI=1S/C10H21Cl2O5P/c11-3-9-16-18(17-10-4-12)15-8-2-7-14-6-1-5-13/h13H,1-10H2. The molecule has 0 aliphatic heterocycles. The summed E-state index contributed by atoms with van der Waals surface area (Å²) in [6.07, 6.45) is 1.41. The average molecular weight is 323 g/mol. The highest BCUT2D eigenvalue weighted by molar-refractivity contribution is 7.41. The molecule has 0 heterocycles. The van der Waals surface area contributed by atoms with Crippen molar-refractivity contribution in [2.75, 3.05) is 51.4 Å². The van der Waals surface area contributed by atoms with Crippen molar-refractivity contribution in [1.82, 2.24) is 0 Å². The Hall–Kier alpha value is 0.810. The Morgan fingerprint density at radius 3 is 1.89 bits per heavy atom. The van der Waals surface area contributed by atoms with E-state index in [0.717, 1.165) is 6.42 Å². The van der Waals surface area contributed by atoms with E-state index < -0.39 is 8.60 Å². The first kappa shape index (κ1) is 18.8. The second kappa shape index (κ2) is 15.9. The zero-order valence-electron chi connectivity index (χ0n) is 10.4. The number of ether oxygens (including phenoxy) is 1. The Bertz CT molecular complexity index is 159. The van der Waals surface area contributed by atoms with Crippen molar-refractivity contribution in [3.8, 4) is 0 Å². The molecule has 0 amide bonds. The Morgan fingerprint density at radius 2 is 1.33 bits per heavy atom. The number of alkyl halides is 2. The first-order chi connectivity index (χ1) is 8.85. The van der Waals surface area contributed by atoms with Gasteiger partial charge >= 0.3 is 8.60 Å². The Morgan fingerprint density at radius 1 is 0.778 bits per heavy atom. The van der Waals surface area contributed by atoms with E-state index in [1.807, 2.05) is 0 Å². The molecule has 8 heteroatoms. The summed E-state index contributed by atoms with van der Waals surface area (Å²) < 4.78 is 21.3. The summed E-state index contributed by atoms with van der Waals surface area (Å²) in [5.41, 5.74) is 0. The molecule has 0 aromatic carbocycles. The molecule has 0 atom stereocenters. The van der Waals surface area contributed by atoms with Gasteiger partial charge in [-0.1, -0.05) is 0 Å². The first-order valence-electron chi connectivity index (χ1n) is 5.84. The van der Waals surface area contributed by atoms with Crippen molar-refractivity contribution in [2.24, 2.45) is 0 Å². The van der Waals surface area contributed by atoms with Crippen molar-refractivity contribution in [1.29, 1.82) is 0 Å². The predicted octanol–water partition coefficient (Wildman–Crippen LogP) is 2.53. The monoisotopic (exact) mass is 322 g/mol. The lowest BCUT2D eigenvalue weighted by molar-refractivity contribution is 0.0983. The van der Waals surface area contributed by atoms with Crippen LogP contribution in [-0.2, 0) is 18.3 Å². The highest BCUT2D eigenvalue weighted by Gasteiger charge is 2.11. The normalized spacial score (nSPS) is 11.3. The highest BCUT2D eigenvalue weighted by atomic mass is 35.5. The second-order valence-corrected chi connectivity index (χ2v) is 5.12. The van der Waals surface area contributed by atoms with Gasteiger partial charge in [0.25, 0.3) is 0 Å². The molecule has 0 spiro atoms. The fourth-order valence-electron chi connectivity index (χ4n) is 0.899. The SMILES string of the molecule is OCCCOCCCOP(OCCCl)OCCCl. The van der Waals surface area contributed by atoms with Crippen LogP contribution in [0.5, 0.6) is 0 Å². The van der Waals surface area contributed by atoms with Gasteiger partial charge in [0.2, 0.25) is 0 Å². The van der Waals surface area contributed by atoms with Crippen LogP contribution in [0.3, 0.4) is 0 Å². The lowest BCUT2D eigenvalue weighted by Crippen LogP contribution is -2.04. The molecule has 0 bridgehead atoms. The van der Waals surface area contributed by atoms with Gasteiger partial charge < -0.3 is 23.4 Å². The average Bonchev–Trinajstić information content (AvgIpc) is 2.40. The van der Waals surface area contributed by atoms with Gasteiger partial charge in [-0.3, -0.25) is 0 Å². The van der Waals surface area contributed by atoms with Gasteiger partial charge in [-0.05, 0) is 12.8 Å². The third-order valence-corrected chi connectivity index (χ3v) is 3.11. The molecule has 0 unspecified atom stereocenters. The van der Waals surface area contributed by atoms with Gasteiger partial charge in [0.15, 0.2) is 0 Å². The van der Waals surface area contributed by atoms with E-state index in [9.17, 15) is 0 Å². The van der Waals surface area contributed by atoms with Gasteiger partial charge in [0, 0.05) is 31.6 Å². The number of hydrogen-bond acceptors (Lipinski definition) is 5. The van der Waals surface area contributed by atoms with E-state index in [2.05, 4.69) is 0 Å². The van der Waals surface area contributed by atoms with E-state index in [-0.39, 0.29) is 6.61 Å². The number of halogens is 2. The molecule has 0 aliphatic rings. The smallest absolute Gasteiger partial charge is 0.332 e. The van der Waals surface area contributed by atoms with Gasteiger partial charge in [-0.25, -0.2) is 0 Å². The summed E-state index contributed by atoms with van der Waals surface area (Å²) in [6.45, 7) is 2.59. The van der Waals surface area contributed by atoms with Crippen LogP contribution in [0.15, 0.2) is 0 Å². The fourth-order valence-corrected chi connectivity index (χ4v) is 2.25. The third-order valence-electron chi connectivity index (χ3n) is 1.62. The quantitative estimate of drug-likeness (QED) is 0.302. The molecule has 0 rings (SSSR count). The van der Waals surface area contributed by atoms with E-state index in [4.69, 9.17) is 46.6 Å². The second-order valence-electron chi connectivity index (χ2n) is 3.14. The van der Waals surface area contributed by atoms with Crippen LogP contribution in [0, 0.1) is 0 Å². The van der Waals surface area contributed by atoms with Crippen molar-refractivity contribution in [2.45, 2.75) is 12.8 Å². The Balaban J connectivity index is 3.43. The van der Waals surface area contributed by atoms with E-state index in [0.29, 0.717) is 51.2 Å². The lowest BCUT2D eigenvalue weighted by atomic mass is 10.5. The fraction of sp³-hybridized carbons (Fsp3) is 1.00. The van der Waals surface area contributed by atoms with E-state index in [1.54, 1.807) is 0 Å². The van der Waals surface area contributed by atoms with E-state index >= 15 is 0 Å². The number of hydrogen-bond donors (Lipinski definition) is 1. The molecule has 110 valence electrons. The summed E-state index contributed by atoms with van der Waals surface area (Å²) in [5.74, 6) is 0.799. The molecule has 18 heavy (non-hydrogen) atoms. The number of aliphatic hydroxyl groups excluding tert-OH is 1. The molecular weight excluding hydrogens is 302 g/mol. The van der Waals surface area contributed by atoms with Crippen LogP contribution in [0.25, 0.3) is 0 Å². The third kappa shape index (κ3) is 13.2. The van der Waals surface area contributed by atoms with Gasteiger partial charge in [-0.15, -0.1) is 23.2 Å². The van der Waals surface area contributed by atoms with Crippen molar-refractivity contribution < 1.29 is 23.4 Å². The summed E-state index contributed by atoms with van der Waals surface area (Å²) in [4.78, 5) is 0. The summed E-state index contributed by atoms with van der Waals surface area (Å²) in [7, 11) is -1.36. The molecule has 5 nitrogen and oxygen atoms in total. The van der Waals surface area contributed by atoms with Crippen LogP contribution in [0.1, 0.15) is 12.8 Å². The maximum atomic E-state index is 8.55. The van der Waals surface area contributed by atoms with Crippen LogP contribution >= 0.6 is 31.8 Å². The largest absolute Gasteiger partial charge is 0.396 e. The van der Waals surface area contributed by atoms with Crippen LogP contribution in [0.2, 0.25) is 0 Å². The summed E-state index contributed by atoms with van der Waals surface area (Å²) >= 11 is 11.0. The molecule has 0 aliphatic carbocycles. The predicted molar refractivity (Wildman–Crippen MR) is 73.4 cm³/mol. The van der Waals surface area contributed by atoms with Gasteiger partial charge in [0.1, 0.15) is 0 Å². The van der Waals surface area contributed by atoms with Crippen molar-refractivity contribution in [3.63, 3.8) is 0 Å². The molecule has 0 radical (unpaired) electrons. The maximum Gasteiger partial charge on any atom is 0.332 e. The number of aliphatic hydroxyl groups is 1. The zero-order chi connectivity index (χ0) is 13.5. The maximum absolute atomic E-state index is 8.55. The minimum absolute atomic E-state index is 0.153. The zero-order valence-corrected chi connectivity index (χ0v) is 12.8. The molecule has 0 fully saturated rings. The van der Waals surface area contributed by atoms with Gasteiger partial charge in [0.05, 0.1) is 19.8 Å².